The highest BCUT2D eigenvalue weighted by molar-refractivity contribution is 6.33. The Labute approximate surface area is 116 Å². The molecule has 0 saturated heterocycles. The third-order valence-corrected chi connectivity index (χ3v) is 3.32. The third kappa shape index (κ3) is 2.95. The number of hydrogen-bond donors (Lipinski definition) is 1. The molecule has 0 aliphatic carbocycles. The Morgan fingerprint density at radius 3 is 2.61 bits per heavy atom. The molecule has 0 unspecified atom stereocenters. The van der Waals surface area contributed by atoms with Gasteiger partial charge < -0.3 is 5.32 Å². The standard InChI is InChI=1S/C14H12Cl2FN/c1-9-5-6-12(16)14(7-9)18-8-10-11(15)3-2-4-13(10)17/h2-7,18H,8H2,1H3. The topological polar surface area (TPSA) is 12.0 Å². The Morgan fingerprint density at radius 1 is 1.11 bits per heavy atom. The van der Waals surface area contributed by atoms with Crippen LogP contribution in [0.25, 0.3) is 0 Å². The number of rotatable bonds is 3. The maximum absolute atomic E-state index is 13.6. The zero-order chi connectivity index (χ0) is 13.1. The van der Waals surface area contributed by atoms with Crippen molar-refractivity contribution >= 4 is 28.9 Å². The molecule has 0 fully saturated rings. The molecule has 0 atom stereocenters. The molecule has 0 spiro atoms. The first-order chi connectivity index (χ1) is 8.58. The molecule has 0 saturated carbocycles. The van der Waals surface area contributed by atoms with Gasteiger partial charge in [-0.3, -0.25) is 0 Å². The highest BCUT2D eigenvalue weighted by Gasteiger charge is 2.07. The molecule has 0 aromatic heterocycles. The SMILES string of the molecule is Cc1ccc(Cl)c(NCc2c(F)cccc2Cl)c1. The van der Waals surface area contributed by atoms with Gasteiger partial charge >= 0.3 is 0 Å². The molecular weight excluding hydrogens is 272 g/mol. The Bertz CT molecular complexity index is 549. The summed E-state index contributed by atoms with van der Waals surface area (Å²) in [6.07, 6.45) is 0. The Balaban J connectivity index is 2.19. The Morgan fingerprint density at radius 2 is 1.89 bits per heavy atom. The predicted octanol–water partition coefficient (Wildman–Crippen LogP) is 5.05. The zero-order valence-electron chi connectivity index (χ0n) is 9.81. The van der Waals surface area contributed by atoms with Gasteiger partial charge in [0.15, 0.2) is 0 Å². The van der Waals surface area contributed by atoms with Crippen LogP contribution in [-0.2, 0) is 6.54 Å². The van der Waals surface area contributed by atoms with Gasteiger partial charge in [-0.2, -0.15) is 0 Å². The van der Waals surface area contributed by atoms with Crippen molar-refractivity contribution < 1.29 is 4.39 Å². The number of anilines is 1. The van der Waals surface area contributed by atoms with Crippen LogP contribution in [0.3, 0.4) is 0 Å². The molecule has 4 heteroatoms. The second kappa shape index (κ2) is 5.59. The average Bonchev–Trinajstić information content (AvgIpc) is 2.33. The van der Waals surface area contributed by atoms with E-state index in [0.29, 0.717) is 22.2 Å². The summed E-state index contributed by atoms with van der Waals surface area (Å²) in [6.45, 7) is 2.27. The minimum absolute atomic E-state index is 0.300. The molecule has 0 heterocycles. The molecule has 0 radical (unpaired) electrons. The fourth-order valence-electron chi connectivity index (χ4n) is 1.66. The van der Waals surface area contributed by atoms with E-state index in [1.54, 1.807) is 12.1 Å². The van der Waals surface area contributed by atoms with Crippen molar-refractivity contribution in [2.75, 3.05) is 5.32 Å². The van der Waals surface area contributed by atoms with Gasteiger partial charge in [-0.1, -0.05) is 35.3 Å². The van der Waals surface area contributed by atoms with Crippen LogP contribution >= 0.6 is 23.2 Å². The fraction of sp³-hybridized carbons (Fsp3) is 0.143. The molecule has 2 aromatic rings. The maximum Gasteiger partial charge on any atom is 0.129 e. The van der Waals surface area contributed by atoms with Crippen LogP contribution in [0.15, 0.2) is 36.4 Å². The number of aryl methyl sites for hydroxylation is 1. The lowest BCUT2D eigenvalue weighted by atomic mass is 10.2. The van der Waals surface area contributed by atoms with E-state index in [4.69, 9.17) is 23.2 Å². The smallest absolute Gasteiger partial charge is 0.129 e. The van der Waals surface area contributed by atoms with Crippen LogP contribution in [0, 0.1) is 12.7 Å². The molecule has 18 heavy (non-hydrogen) atoms. The molecule has 0 bridgehead atoms. The van der Waals surface area contributed by atoms with Crippen molar-refractivity contribution in [2.24, 2.45) is 0 Å². The zero-order valence-corrected chi connectivity index (χ0v) is 11.3. The highest BCUT2D eigenvalue weighted by atomic mass is 35.5. The van der Waals surface area contributed by atoms with E-state index >= 15 is 0 Å². The van der Waals surface area contributed by atoms with Crippen LogP contribution in [0.4, 0.5) is 10.1 Å². The normalized spacial score (nSPS) is 10.4. The monoisotopic (exact) mass is 283 g/mol. The summed E-state index contributed by atoms with van der Waals surface area (Å²) in [6, 6.07) is 10.3. The highest BCUT2D eigenvalue weighted by Crippen LogP contribution is 2.25. The van der Waals surface area contributed by atoms with E-state index in [0.717, 1.165) is 11.3 Å². The van der Waals surface area contributed by atoms with Crippen LogP contribution in [0.5, 0.6) is 0 Å². The number of nitrogens with one attached hydrogen (secondary N) is 1. The molecule has 2 rings (SSSR count). The van der Waals surface area contributed by atoms with Crippen molar-refractivity contribution in [3.63, 3.8) is 0 Å². The van der Waals surface area contributed by atoms with Crippen molar-refractivity contribution in [1.29, 1.82) is 0 Å². The summed E-state index contributed by atoms with van der Waals surface area (Å²) < 4.78 is 13.6. The number of halogens is 3. The minimum atomic E-state index is -0.321. The van der Waals surface area contributed by atoms with E-state index in [1.165, 1.54) is 6.07 Å². The van der Waals surface area contributed by atoms with Crippen LogP contribution in [0.1, 0.15) is 11.1 Å². The maximum atomic E-state index is 13.6. The summed E-state index contributed by atoms with van der Waals surface area (Å²) in [5.74, 6) is -0.321. The lowest BCUT2D eigenvalue weighted by Crippen LogP contribution is -2.03. The van der Waals surface area contributed by atoms with Gasteiger partial charge in [0.05, 0.1) is 10.7 Å². The molecule has 0 amide bonds. The van der Waals surface area contributed by atoms with Crippen LogP contribution in [0.2, 0.25) is 10.0 Å². The second-order valence-corrected chi connectivity index (χ2v) is 4.85. The summed E-state index contributed by atoms with van der Waals surface area (Å²) in [5, 5.41) is 4.11. The predicted molar refractivity (Wildman–Crippen MR) is 74.9 cm³/mol. The molecule has 0 aliphatic rings. The Hall–Kier alpha value is -1.25. The molecule has 0 aliphatic heterocycles. The summed E-state index contributed by atoms with van der Waals surface area (Å²) in [5.41, 5.74) is 2.30. The van der Waals surface area contributed by atoms with E-state index < -0.39 is 0 Å². The van der Waals surface area contributed by atoms with Gasteiger partial charge in [0, 0.05) is 17.1 Å². The molecular formula is C14H12Cl2FN. The summed E-state index contributed by atoms with van der Waals surface area (Å²) >= 11 is 12.0. The number of benzene rings is 2. The van der Waals surface area contributed by atoms with E-state index in [2.05, 4.69) is 5.32 Å². The van der Waals surface area contributed by atoms with E-state index in [1.807, 2.05) is 25.1 Å². The largest absolute Gasteiger partial charge is 0.380 e. The van der Waals surface area contributed by atoms with Gasteiger partial charge in [-0.15, -0.1) is 0 Å². The first-order valence-corrected chi connectivity index (χ1v) is 6.26. The quantitative estimate of drug-likeness (QED) is 0.831. The molecule has 1 N–H and O–H groups in total. The second-order valence-electron chi connectivity index (χ2n) is 4.04. The van der Waals surface area contributed by atoms with Gasteiger partial charge in [0.1, 0.15) is 5.82 Å². The van der Waals surface area contributed by atoms with Gasteiger partial charge in [0.25, 0.3) is 0 Å². The van der Waals surface area contributed by atoms with Gasteiger partial charge in [0.2, 0.25) is 0 Å². The Kier molecular flexibility index (Phi) is 4.10. The van der Waals surface area contributed by atoms with Crippen LogP contribution in [-0.4, -0.2) is 0 Å². The lowest BCUT2D eigenvalue weighted by Gasteiger charge is -2.11. The van der Waals surface area contributed by atoms with Gasteiger partial charge in [-0.05, 0) is 36.8 Å². The van der Waals surface area contributed by atoms with Crippen molar-refractivity contribution in [2.45, 2.75) is 13.5 Å². The molecule has 94 valence electrons. The van der Waals surface area contributed by atoms with Gasteiger partial charge in [-0.25, -0.2) is 4.39 Å². The van der Waals surface area contributed by atoms with Crippen LogP contribution < -0.4 is 5.32 Å². The first-order valence-electron chi connectivity index (χ1n) is 5.51. The minimum Gasteiger partial charge on any atom is -0.380 e. The third-order valence-electron chi connectivity index (χ3n) is 2.64. The number of hydrogen-bond acceptors (Lipinski definition) is 1. The van der Waals surface area contributed by atoms with E-state index in [-0.39, 0.29) is 5.82 Å². The fourth-order valence-corrected chi connectivity index (χ4v) is 2.07. The van der Waals surface area contributed by atoms with E-state index in [9.17, 15) is 4.39 Å². The first kappa shape index (κ1) is 13.2. The summed E-state index contributed by atoms with van der Waals surface area (Å²) in [7, 11) is 0. The lowest BCUT2D eigenvalue weighted by molar-refractivity contribution is 0.613. The molecule has 2 aromatic carbocycles. The van der Waals surface area contributed by atoms with Crippen molar-refractivity contribution in [3.05, 3.63) is 63.4 Å². The van der Waals surface area contributed by atoms with Crippen molar-refractivity contribution in [1.82, 2.24) is 0 Å². The average molecular weight is 284 g/mol. The van der Waals surface area contributed by atoms with Crippen molar-refractivity contribution in [3.8, 4) is 0 Å². The molecule has 1 nitrogen and oxygen atoms in total. The summed E-state index contributed by atoms with van der Waals surface area (Å²) in [4.78, 5) is 0.